The SMILES string of the molecule is CC1CCC(N(C)Cc2cc(C=CC(=O)O)cs2)CC1. The standard InChI is InChI=1S/C16H23NO2S/c1-12-3-6-14(7-4-12)17(2)10-15-9-13(11-20-15)5-8-16(18)19/h5,8-9,11-12,14H,3-4,6-7,10H2,1-2H3,(H,18,19). The van der Waals surface area contributed by atoms with Crippen LogP contribution in [0.2, 0.25) is 0 Å². The van der Waals surface area contributed by atoms with E-state index in [9.17, 15) is 4.79 Å². The van der Waals surface area contributed by atoms with Gasteiger partial charge in [-0.25, -0.2) is 4.79 Å². The van der Waals surface area contributed by atoms with Crippen LogP contribution in [0.1, 0.15) is 43.0 Å². The molecule has 0 unspecified atom stereocenters. The predicted molar refractivity (Wildman–Crippen MR) is 83.9 cm³/mol. The number of aliphatic carboxylic acids is 1. The molecule has 1 aliphatic rings. The van der Waals surface area contributed by atoms with E-state index in [1.54, 1.807) is 17.4 Å². The van der Waals surface area contributed by atoms with Crippen molar-refractivity contribution < 1.29 is 9.90 Å². The van der Waals surface area contributed by atoms with Crippen LogP contribution in [0.5, 0.6) is 0 Å². The first-order chi connectivity index (χ1) is 9.54. The molecule has 110 valence electrons. The zero-order valence-electron chi connectivity index (χ0n) is 12.2. The molecule has 4 heteroatoms. The van der Waals surface area contributed by atoms with E-state index < -0.39 is 5.97 Å². The third kappa shape index (κ3) is 4.46. The third-order valence-electron chi connectivity index (χ3n) is 4.11. The van der Waals surface area contributed by atoms with Gasteiger partial charge in [0.05, 0.1) is 0 Å². The minimum Gasteiger partial charge on any atom is -0.478 e. The number of rotatable bonds is 5. The van der Waals surface area contributed by atoms with Crippen molar-refractivity contribution in [2.75, 3.05) is 7.05 Å². The van der Waals surface area contributed by atoms with Gasteiger partial charge in [-0.05, 0) is 61.7 Å². The fraction of sp³-hybridized carbons (Fsp3) is 0.562. The van der Waals surface area contributed by atoms with Gasteiger partial charge in [-0.2, -0.15) is 0 Å². The third-order valence-corrected chi connectivity index (χ3v) is 5.05. The van der Waals surface area contributed by atoms with Crippen LogP contribution >= 0.6 is 11.3 Å². The minimum atomic E-state index is -0.897. The summed E-state index contributed by atoms with van der Waals surface area (Å²) in [5, 5.41) is 10.6. The highest BCUT2D eigenvalue weighted by Crippen LogP contribution is 2.28. The average molecular weight is 293 g/mol. The Bertz CT molecular complexity index is 473. The highest BCUT2D eigenvalue weighted by molar-refractivity contribution is 7.10. The van der Waals surface area contributed by atoms with Gasteiger partial charge in [0.2, 0.25) is 0 Å². The van der Waals surface area contributed by atoms with Gasteiger partial charge < -0.3 is 5.11 Å². The Morgan fingerprint density at radius 3 is 2.80 bits per heavy atom. The topological polar surface area (TPSA) is 40.5 Å². The molecule has 0 aliphatic heterocycles. The van der Waals surface area contributed by atoms with Gasteiger partial charge in [0, 0.05) is 23.5 Å². The van der Waals surface area contributed by atoms with Crippen LogP contribution in [0.25, 0.3) is 6.08 Å². The van der Waals surface area contributed by atoms with Crippen molar-refractivity contribution in [2.45, 2.75) is 45.2 Å². The molecule has 2 rings (SSSR count). The summed E-state index contributed by atoms with van der Waals surface area (Å²) < 4.78 is 0. The fourth-order valence-corrected chi connectivity index (χ4v) is 3.71. The Labute approximate surface area is 124 Å². The minimum absolute atomic E-state index is 0.700. The molecule has 0 atom stereocenters. The van der Waals surface area contributed by atoms with Crippen LogP contribution in [0.4, 0.5) is 0 Å². The molecule has 0 bridgehead atoms. The zero-order chi connectivity index (χ0) is 14.5. The van der Waals surface area contributed by atoms with Gasteiger partial charge in [0.25, 0.3) is 0 Å². The second kappa shape index (κ2) is 7.04. The van der Waals surface area contributed by atoms with Gasteiger partial charge in [-0.3, -0.25) is 4.90 Å². The van der Waals surface area contributed by atoms with Crippen LogP contribution in [0, 0.1) is 5.92 Å². The Morgan fingerprint density at radius 1 is 1.45 bits per heavy atom. The molecule has 0 amide bonds. The lowest BCUT2D eigenvalue weighted by Gasteiger charge is -2.33. The van der Waals surface area contributed by atoms with Crippen LogP contribution in [-0.2, 0) is 11.3 Å². The summed E-state index contributed by atoms with van der Waals surface area (Å²) in [4.78, 5) is 14.2. The van der Waals surface area contributed by atoms with Crippen molar-refractivity contribution in [3.8, 4) is 0 Å². The molecule has 20 heavy (non-hydrogen) atoms. The molecule has 1 aliphatic carbocycles. The van der Waals surface area contributed by atoms with E-state index in [2.05, 4.69) is 24.9 Å². The van der Waals surface area contributed by atoms with E-state index in [1.165, 1.54) is 36.6 Å². The highest BCUT2D eigenvalue weighted by atomic mass is 32.1. The molecule has 0 spiro atoms. The van der Waals surface area contributed by atoms with Crippen molar-refractivity contribution in [1.29, 1.82) is 0 Å². The van der Waals surface area contributed by atoms with E-state index in [0.717, 1.165) is 18.0 Å². The van der Waals surface area contributed by atoms with Crippen LogP contribution in [0.15, 0.2) is 17.5 Å². The Balaban J connectivity index is 1.88. The summed E-state index contributed by atoms with van der Waals surface area (Å²) >= 11 is 1.71. The summed E-state index contributed by atoms with van der Waals surface area (Å²) in [5.41, 5.74) is 0.984. The Hall–Kier alpha value is -1.13. The second-order valence-electron chi connectivity index (χ2n) is 5.85. The van der Waals surface area contributed by atoms with Crippen LogP contribution < -0.4 is 0 Å². The number of carbonyl (C=O) groups is 1. The molecule has 3 nitrogen and oxygen atoms in total. The molecule has 0 aromatic carbocycles. The molecule has 0 saturated heterocycles. The fourth-order valence-electron chi connectivity index (χ4n) is 2.79. The number of carboxylic acids is 1. The maximum absolute atomic E-state index is 10.5. The molecular formula is C16H23NO2S. The number of carboxylic acid groups (broad SMARTS) is 1. The highest BCUT2D eigenvalue weighted by Gasteiger charge is 2.21. The number of hydrogen-bond donors (Lipinski definition) is 1. The average Bonchev–Trinajstić information content (AvgIpc) is 2.84. The Kier molecular flexibility index (Phi) is 5.38. The first kappa shape index (κ1) is 15.3. The quantitative estimate of drug-likeness (QED) is 0.838. The van der Waals surface area contributed by atoms with Crippen molar-refractivity contribution >= 4 is 23.4 Å². The molecule has 1 aromatic heterocycles. The van der Waals surface area contributed by atoms with Gasteiger partial charge >= 0.3 is 5.97 Å². The Morgan fingerprint density at radius 2 is 2.15 bits per heavy atom. The van der Waals surface area contributed by atoms with E-state index in [-0.39, 0.29) is 0 Å². The monoisotopic (exact) mass is 293 g/mol. The van der Waals surface area contributed by atoms with Crippen molar-refractivity contribution in [3.63, 3.8) is 0 Å². The molecule has 1 fully saturated rings. The number of thiophene rings is 1. The van der Waals surface area contributed by atoms with Crippen molar-refractivity contribution in [2.24, 2.45) is 5.92 Å². The maximum Gasteiger partial charge on any atom is 0.328 e. The molecule has 0 radical (unpaired) electrons. The predicted octanol–water partition coefficient (Wildman–Crippen LogP) is 3.86. The first-order valence-corrected chi connectivity index (χ1v) is 8.11. The lowest BCUT2D eigenvalue weighted by atomic mass is 9.87. The van der Waals surface area contributed by atoms with E-state index in [4.69, 9.17) is 5.11 Å². The van der Waals surface area contributed by atoms with Gasteiger partial charge in [-0.15, -0.1) is 11.3 Å². The normalized spacial score (nSPS) is 23.6. The first-order valence-electron chi connectivity index (χ1n) is 7.23. The lowest BCUT2D eigenvalue weighted by Crippen LogP contribution is -2.34. The lowest BCUT2D eigenvalue weighted by molar-refractivity contribution is -0.131. The van der Waals surface area contributed by atoms with Gasteiger partial charge in [0.1, 0.15) is 0 Å². The van der Waals surface area contributed by atoms with Crippen LogP contribution in [-0.4, -0.2) is 29.1 Å². The summed E-state index contributed by atoms with van der Waals surface area (Å²) in [6, 6.07) is 2.79. The smallest absolute Gasteiger partial charge is 0.328 e. The van der Waals surface area contributed by atoms with E-state index in [1.807, 2.05) is 5.38 Å². The van der Waals surface area contributed by atoms with E-state index in [0.29, 0.717) is 6.04 Å². The largest absolute Gasteiger partial charge is 0.478 e. The van der Waals surface area contributed by atoms with E-state index >= 15 is 0 Å². The maximum atomic E-state index is 10.5. The molecule has 1 saturated carbocycles. The summed E-state index contributed by atoms with van der Waals surface area (Å²) in [6.07, 6.45) is 8.13. The van der Waals surface area contributed by atoms with Crippen molar-refractivity contribution in [1.82, 2.24) is 4.90 Å². The summed E-state index contributed by atoms with van der Waals surface area (Å²) in [6.45, 7) is 3.31. The molecule has 1 aromatic rings. The van der Waals surface area contributed by atoms with Gasteiger partial charge in [0.15, 0.2) is 0 Å². The number of nitrogens with zero attached hydrogens (tertiary/aromatic N) is 1. The summed E-state index contributed by atoms with van der Waals surface area (Å²) in [5.74, 6) is -0.0136. The van der Waals surface area contributed by atoms with Crippen molar-refractivity contribution in [3.05, 3.63) is 28.0 Å². The zero-order valence-corrected chi connectivity index (χ0v) is 13.0. The second-order valence-corrected chi connectivity index (χ2v) is 6.84. The molecular weight excluding hydrogens is 270 g/mol. The number of hydrogen-bond acceptors (Lipinski definition) is 3. The van der Waals surface area contributed by atoms with Gasteiger partial charge in [-0.1, -0.05) is 6.92 Å². The molecule has 1 N–H and O–H groups in total. The van der Waals surface area contributed by atoms with Crippen LogP contribution in [0.3, 0.4) is 0 Å². The molecule has 1 heterocycles. The summed E-state index contributed by atoms with van der Waals surface area (Å²) in [7, 11) is 2.20.